The van der Waals surface area contributed by atoms with Crippen LogP contribution >= 0.6 is 0 Å². The number of phenols is 1. The van der Waals surface area contributed by atoms with Crippen molar-refractivity contribution in [2.24, 2.45) is 4.99 Å². The van der Waals surface area contributed by atoms with Crippen LogP contribution in [0.1, 0.15) is 34.6 Å². The van der Waals surface area contributed by atoms with Gasteiger partial charge in [-0.15, -0.1) is 0 Å². The van der Waals surface area contributed by atoms with Crippen LogP contribution in [0.25, 0.3) is 0 Å². The van der Waals surface area contributed by atoms with Crippen molar-refractivity contribution in [1.29, 1.82) is 0 Å². The average molecular weight is 376 g/mol. The van der Waals surface area contributed by atoms with E-state index < -0.39 is 0 Å². The van der Waals surface area contributed by atoms with Crippen molar-refractivity contribution in [3.05, 3.63) is 24.3 Å². The van der Waals surface area contributed by atoms with Crippen LogP contribution in [0, 0.1) is 0 Å². The summed E-state index contributed by atoms with van der Waals surface area (Å²) >= 11 is 0. The third-order valence-electron chi connectivity index (χ3n) is 5.08. The molecule has 0 aromatic heterocycles. The van der Waals surface area contributed by atoms with Gasteiger partial charge in [-0.3, -0.25) is 9.89 Å². The van der Waals surface area contributed by atoms with Crippen LogP contribution in [-0.4, -0.2) is 78.8 Å². The lowest BCUT2D eigenvalue weighted by Crippen LogP contribution is -2.52. The third kappa shape index (κ3) is 6.03. The zero-order valence-electron chi connectivity index (χ0n) is 17.6. The molecule has 2 rings (SSSR count). The molecule has 1 heterocycles. The van der Waals surface area contributed by atoms with Crippen LogP contribution in [0.5, 0.6) is 5.75 Å². The van der Waals surface area contributed by atoms with Crippen molar-refractivity contribution in [3.63, 3.8) is 0 Å². The summed E-state index contributed by atoms with van der Waals surface area (Å²) in [6, 6.07) is 8.64. The number of benzene rings is 1. The van der Waals surface area contributed by atoms with E-state index in [9.17, 15) is 5.11 Å². The van der Waals surface area contributed by atoms with Crippen LogP contribution in [0.15, 0.2) is 29.3 Å². The number of aliphatic imine (C=N–C) groups is 1. The highest BCUT2D eigenvalue weighted by atomic mass is 16.3. The first-order valence-electron chi connectivity index (χ1n) is 10.3. The number of rotatable bonds is 7. The van der Waals surface area contributed by atoms with Crippen molar-refractivity contribution in [3.8, 4) is 5.75 Å². The van der Waals surface area contributed by atoms with Gasteiger partial charge in [-0.2, -0.15) is 0 Å². The fraction of sp³-hybridized carbons (Fsp3) is 0.667. The molecule has 0 aliphatic carbocycles. The minimum Gasteiger partial charge on any atom is -0.506 e. The van der Waals surface area contributed by atoms with Gasteiger partial charge in [0.1, 0.15) is 5.75 Å². The van der Waals surface area contributed by atoms with Crippen LogP contribution in [0.4, 0.5) is 5.69 Å². The highest BCUT2D eigenvalue weighted by Gasteiger charge is 2.21. The van der Waals surface area contributed by atoms with E-state index in [2.05, 4.69) is 54.6 Å². The normalized spacial score (nSPS) is 15.9. The molecule has 1 saturated heterocycles. The van der Waals surface area contributed by atoms with Crippen molar-refractivity contribution < 1.29 is 5.11 Å². The Kier molecular flexibility index (Phi) is 8.23. The number of aromatic hydroxyl groups is 1. The number of nitrogens with zero attached hydrogens (tertiary/aromatic N) is 4. The van der Waals surface area contributed by atoms with E-state index in [-0.39, 0.29) is 0 Å². The fourth-order valence-corrected chi connectivity index (χ4v) is 3.70. The zero-order chi connectivity index (χ0) is 19.8. The number of para-hydroxylation sites is 2. The number of anilines is 1. The standard InChI is InChI=1S/C21H37N5O/c1-6-22-21(23-11-12-26(17(2)3)18(4)5)25-15-13-24(14-16-25)19-9-7-8-10-20(19)27/h7-10,17-18,27H,6,11-16H2,1-5H3,(H,22,23). The lowest BCUT2D eigenvalue weighted by Gasteiger charge is -2.38. The molecule has 6 nitrogen and oxygen atoms in total. The van der Waals surface area contributed by atoms with Gasteiger partial charge in [0, 0.05) is 51.4 Å². The molecule has 0 unspecified atom stereocenters. The second kappa shape index (κ2) is 10.4. The van der Waals surface area contributed by atoms with E-state index in [0.29, 0.717) is 17.8 Å². The Morgan fingerprint density at radius 3 is 2.30 bits per heavy atom. The van der Waals surface area contributed by atoms with E-state index >= 15 is 0 Å². The second-order valence-electron chi connectivity index (χ2n) is 7.62. The Labute approximate surface area is 164 Å². The molecule has 1 fully saturated rings. The number of piperazine rings is 1. The minimum absolute atomic E-state index is 0.356. The Morgan fingerprint density at radius 2 is 1.74 bits per heavy atom. The minimum atomic E-state index is 0.356. The van der Waals surface area contributed by atoms with Gasteiger partial charge < -0.3 is 20.2 Å². The molecule has 1 aliphatic rings. The van der Waals surface area contributed by atoms with Gasteiger partial charge in [0.25, 0.3) is 0 Å². The summed E-state index contributed by atoms with van der Waals surface area (Å²) < 4.78 is 0. The predicted molar refractivity (Wildman–Crippen MR) is 115 cm³/mol. The number of guanidine groups is 1. The monoisotopic (exact) mass is 375 g/mol. The lowest BCUT2D eigenvalue weighted by atomic mass is 10.2. The van der Waals surface area contributed by atoms with Gasteiger partial charge in [-0.1, -0.05) is 12.1 Å². The first kappa shape index (κ1) is 21.4. The molecule has 0 saturated carbocycles. The first-order chi connectivity index (χ1) is 12.9. The summed E-state index contributed by atoms with van der Waals surface area (Å²) in [5.41, 5.74) is 0.920. The van der Waals surface area contributed by atoms with E-state index in [4.69, 9.17) is 4.99 Å². The third-order valence-corrected chi connectivity index (χ3v) is 5.08. The maximum absolute atomic E-state index is 10.1. The van der Waals surface area contributed by atoms with Gasteiger partial charge in [-0.05, 0) is 46.8 Å². The molecule has 2 N–H and O–H groups in total. The second-order valence-corrected chi connectivity index (χ2v) is 7.62. The topological polar surface area (TPSA) is 54.3 Å². The van der Waals surface area contributed by atoms with E-state index in [1.54, 1.807) is 6.07 Å². The Bertz CT molecular complexity index is 586. The first-order valence-corrected chi connectivity index (χ1v) is 10.3. The van der Waals surface area contributed by atoms with Gasteiger partial charge in [0.15, 0.2) is 5.96 Å². The SMILES string of the molecule is CCNC(=NCCN(C(C)C)C(C)C)N1CCN(c2ccccc2O)CC1. The fourth-order valence-electron chi connectivity index (χ4n) is 3.70. The van der Waals surface area contributed by atoms with Crippen molar-refractivity contribution >= 4 is 11.6 Å². The Balaban J connectivity index is 1.94. The summed E-state index contributed by atoms with van der Waals surface area (Å²) in [6.07, 6.45) is 0. The molecule has 152 valence electrons. The molecule has 6 heteroatoms. The van der Waals surface area contributed by atoms with Crippen molar-refractivity contribution in [1.82, 2.24) is 15.1 Å². The van der Waals surface area contributed by atoms with Gasteiger partial charge in [0.2, 0.25) is 0 Å². The van der Waals surface area contributed by atoms with E-state index in [0.717, 1.165) is 57.5 Å². The molecule has 1 aliphatic heterocycles. The molecule has 0 bridgehead atoms. The predicted octanol–water partition coefficient (Wildman–Crippen LogP) is 2.60. The van der Waals surface area contributed by atoms with Crippen LogP contribution in [0.3, 0.4) is 0 Å². The molecule has 0 spiro atoms. The van der Waals surface area contributed by atoms with Crippen LogP contribution in [0.2, 0.25) is 0 Å². The van der Waals surface area contributed by atoms with Crippen LogP contribution < -0.4 is 10.2 Å². The van der Waals surface area contributed by atoms with Crippen molar-refractivity contribution in [2.75, 3.05) is 50.7 Å². The highest BCUT2D eigenvalue weighted by molar-refractivity contribution is 5.80. The maximum atomic E-state index is 10.1. The molecule has 1 aromatic carbocycles. The number of hydrogen-bond acceptors (Lipinski definition) is 4. The van der Waals surface area contributed by atoms with Gasteiger partial charge in [-0.25, -0.2) is 0 Å². The largest absolute Gasteiger partial charge is 0.506 e. The van der Waals surface area contributed by atoms with E-state index in [1.807, 2.05) is 18.2 Å². The highest BCUT2D eigenvalue weighted by Crippen LogP contribution is 2.27. The summed E-state index contributed by atoms with van der Waals surface area (Å²) in [6.45, 7) is 17.3. The lowest BCUT2D eigenvalue weighted by molar-refractivity contribution is 0.180. The molecule has 27 heavy (non-hydrogen) atoms. The van der Waals surface area contributed by atoms with Gasteiger partial charge in [0.05, 0.1) is 12.2 Å². The van der Waals surface area contributed by atoms with Gasteiger partial charge >= 0.3 is 0 Å². The number of phenolic OH excluding ortho intramolecular Hbond substituents is 1. The van der Waals surface area contributed by atoms with Crippen LogP contribution in [-0.2, 0) is 0 Å². The summed E-state index contributed by atoms with van der Waals surface area (Å²) in [5, 5.41) is 13.5. The van der Waals surface area contributed by atoms with E-state index in [1.165, 1.54) is 0 Å². The summed E-state index contributed by atoms with van der Waals surface area (Å²) in [4.78, 5) is 11.9. The molecule has 1 aromatic rings. The maximum Gasteiger partial charge on any atom is 0.194 e. The smallest absolute Gasteiger partial charge is 0.194 e. The molecular formula is C21H37N5O. The average Bonchev–Trinajstić information content (AvgIpc) is 2.64. The zero-order valence-corrected chi connectivity index (χ0v) is 17.6. The molecule has 0 radical (unpaired) electrons. The molecule has 0 atom stereocenters. The number of nitrogens with one attached hydrogen (secondary N) is 1. The quantitative estimate of drug-likeness (QED) is 0.567. The Morgan fingerprint density at radius 1 is 1.11 bits per heavy atom. The number of hydrogen-bond donors (Lipinski definition) is 2. The Hall–Kier alpha value is -1.95. The van der Waals surface area contributed by atoms with Crippen molar-refractivity contribution in [2.45, 2.75) is 46.7 Å². The summed E-state index contributed by atoms with van der Waals surface area (Å²) in [7, 11) is 0. The molecule has 0 amide bonds. The molecular weight excluding hydrogens is 338 g/mol. The summed E-state index contributed by atoms with van der Waals surface area (Å²) in [5.74, 6) is 1.36.